The summed E-state index contributed by atoms with van der Waals surface area (Å²) in [6.07, 6.45) is 0. The molecule has 0 radical (unpaired) electrons. The van der Waals surface area contributed by atoms with Crippen LogP contribution in [0.2, 0.25) is 0 Å². The van der Waals surface area contributed by atoms with E-state index in [-0.39, 0.29) is 17.1 Å². The zero-order chi connectivity index (χ0) is 12.5. The van der Waals surface area contributed by atoms with Crippen LogP contribution in [0.4, 0.5) is 9.52 Å². The first kappa shape index (κ1) is 11.6. The van der Waals surface area contributed by atoms with Gasteiger partial charge in [0, 0.05) is 0 Å². The average Bonchev–Trinajstić information content (AvgIpc) is 2.97. The Bertz CT molecular complexity index is 575. The van der Waals surface area contributed by atoms with Crippen molar-refractivity contribution in [2.45, 2.75) is 5.37 Å². The Morgan fingerprint density at radius 2 is 2.33 bits per heavy atom. The third-order valence-corrected chi connectivity index (χ3v) is 4.46. The van der Waals surface area contributed by atoms with Crippen LogP contribution in [-0.2, 0) is 4.79 Å². The minimum Gasteiger partial charge on any atom is -0.273 e. The first-order chi connectivity index (χ1) is 8.75. The number of aromatic nitrogens is 2. The number of carbonyl (C=O) groups is 1. The fourth-order valence-electron chi connectivity index (χ4n) is 1.81. The van der Waals surface area contributed by atoms with E-state index in [0.717, 1.165) is 5.56 Å². The number of rotatable bonds is 2. The Morgan fingerprint density at radius 1 is 1.44 bits per heavy atom. The van der Waals surface area contributed by atoms with Crippen LogP contribution in [0.1, 0.15) is 10.9 Å². The van der Waals surface area contributed by atoms with Gasteiger partial charge < -0.3 is 0 Å². The van der Waals surface area contributed by atoms with Gasteiger partial charge in [0.25, 0.3) is 0 Å². The van der Waals surface area contributed by atoms with E-state index >= 15 is 0 Å². The molecular formula is C11H8FN3OS2. The van der Waals surface area contributed by atoms with Gasteiger partial charge in [-0.3, -0.25) is 9.69 Å². The van der Waals surface area contributed by atoms with E-state index in [1.165, 1.54) is 35.2 Å². The lowest BCUT2D eigenvalue weighted by molar-refractivity contribution is -0.115. The molecule has 0 N–H and O–H groups in total. The highest BCUT2D eigenvalue weighted by atomic mass is 32.2. The first-order valence-electron chi connectivity index (χ1n) is 5.21. The molecule has 0 aliphatic carbocycles. The summed E-state index contributed by atoms with van der Waals surface area (Å²) >= 11 is 2.77. The van der Waals surface area contributed by atoms with Crippen LogP contribution in [0.15, 0.2) is 29.8 Å². The summed E-state index contributed by atoms with van der Waals surface area (Å²) in [5.41, 5.74) is 2.34. The van der Waals surface area contributed by atoms with E-state index in [4.69, 9.17) is 0 Å². The molecule has 2 aromatic rings. The topological polar surface area (TPSA) is 46.1 Å². The lowest BCUT2D eigenvalue weighted by Crippen LogP contribution is -2.27. The van der Waals surface area contributed by atoms with E-state index in [1.807, 2.05) is 6.07 Å². The Kier molecular flexibility index (Phi) is 3.00. The molecule has 0 bridgehead atoms. The van der Waals surface area contributed by atoms with Gasteiger partial charge in [-0.05, 0) is 17.7 Å². The molecule has 0 spiro atoms. The van der Waals surface area contributed by atoms with Gasteiger partial charge in [0.2, 0.25) is 11.0 Å². The number of benzene rings is 1. The van der Waals surface area contributed by atoms with Crippen molar-refractivity contribution < 1.29 is 9.18 Å². The van der Waals surface area contributed by atoms with Crippen molar-refractivity contribution in [3.63, 3.8) is 0 Å². The number of halogens is 1. The minimum atomic E-state index is -0.301. The summed E-state index contributed by atoms with van der Waals surface area (Å²) < 4.78 is 13.2. The van der Waals surface area contributed by atoms with Crippen LogP contribution in [0.25, 0.3) is 0 Å². The minimum absolute atomic E-state index is 0.0222. The van der Waals surface area contributed by atoms with Gasteiger partial charge in [0.15, 0.2) is 0 Å². The van der Waals surface area contributed by atoms with Crippen molar-refractivity contribution in [1.29, 1.82) is 0 Å². The van der Waals surface area contributed by atoms with E-state index in [1.54, 1.807) is 16.5 Å². The molecule has 7 heteroatoms. The number of amides is 1. The van der Waals surface area contributed by atoms with Gasteiger partial charge in [0.1, 0.15) is 16.7 Å². The summed E-state index contributed by atoms with van der Waals surface area (Å²) in [6.45, 7) is 0. The maximum Gasteiger partial charge on any atom is 0.240 e. The molecule has 4 nitrogen and oxygen atoms in total. The van der Waals surface area contributed by atoms with Crippen molar-refractivity contribution in [3.8, 4) is 0 Å². The Hall–Kier alpha value is -1.47. The number of hydrogen-bond acceptors (Lipinski definition) is 5. The summed E-state index contributed by atoms with van der Waals surface area (Å²) in [5, 5.41) is 7.99. The molecule has 1 aliphatic heterocycles. The molecule has 1 fully saturated rings. The van der Waals surface area contributed by atoms with Crippen molar-refractivity contribution in [2.75, 3.05) is 10.7 Å². The molecule has 1 amide bonds. The predicted molar refractivity (Wildman–Crippen MR) is 69.0 cm³/mol. The zero-order valence-electron chi connectivity index (χ0n) is 9.12. The van der Waals surface area contributed by atoms with Crippen LogP contribution in [0, 0.1) is 5.82 Å². The highest BCUT2D eigenvalue weighted by Gasteiger charge is 2.35. The molecule has 1 aliphatic rings. The van der Waals surface area contributed by atoms with E-state index in [9.17, 15) is 9.18 Å². The molecule has 1 atom stereocenters. The van der Waals surface area contributed by atoms with Gasteiger partial charge >= 0.3 is 0 Å². The highest BCUT2D eigenvalue weighted by Crippen LogP contribution is 2.42. The Balaban J connectivity index is 1.99. The standard InChI is InChI=1S/C11H8FN3OS2/c12-8-3-1-2-7(4-8)10-15(9(16)5-17-10)11-14-13-6-18-11/h1-4,6,10H,5H2. The molecular weight excluding hydrogens is 273 g/mol. The highest BCUT2D eigenvalue weighted by molar-refractivity contribution is 8.00. The van der Waals surface area contributed by atoms with Gasteiger partial charge in [-0.15, -0.1) is 22.0 Å². The largest absolute Gasteiger partial charge is 0.273 e. The van der Waals surface area contributed by atoms with Crippen LogP contribution < -0.4 is 4.90 Å². The fraction of sp³-hybridized carbons (Fsp3) is 0.182. The number of carbonyl (C=O) groups excluding carboxylic acids is 1. The number of anilines is 1. The van der Waals surface area contributed by atoms with Crippen LogP contribution >= 0.6 is 23.1 Å². The second-order valence-electron chi connectivity index (χ2n) is 3.70. The maximum atomic E-state index is 13.2. The van der Waals surface area contributed by atoms with Gasteiger partial charge in [0.05, 0.1) is 5.75 Å². The van der Waals surface area contributed by atoms with Gasteiger partial charge in [-0.1, -0.05) is 23.5 Å². The van der Waals surface area contributed by atoms with Crippen LogP contribution in [0.5, 0.6) is 0 Å². The van der Waals surface area contributed by atoms with E-state index < -0.39 is 0 Å². The average molecular weight is 281 g/mol. The third kappa shape index (κ3) is 1.99. The van der Waals surface area contributed by atoms with Crippen molar-refractivity contribution in [2.24, 2.45) is 0 Å². The summed E-state index contributed by atoms with van der Waals surface area (Å²) in [7, 11) is 0. The molecule has 1 saturated heterocycles. The van der Waals surface area contributed by atoms with Gasteiger partial charge in [-0.2, -0.15) is 0 Å². The number of nitrogens with zero attached hydrogens (tertiary/aromatic N) is 3. The smallest absolute Gasteiger partial charge is 0.240 e. The predicted octanol–water partition coefficient (Wildman–Crippen LogP) is 2.46. The van der Waals surface area contributed by atoms with Crippen molar-refractivity contribution in [1.82, 2.24) is 10.2 Å². The molecule has 92 valence electrons. The molecule has 1 aromatic heterocycles. The monoisotopic (exact) mass is 281 g/mol. The van der Waals surface area contributed by atoms with Crippen molar-refractivity contribution in [3.05, 3.63) is 41.2 Å². The van der Waals surface area contributed by atoms with Crippen LogP contribution in [0.3, 0.4) is 0 Å². The van der Waals surface area contributed by atoms with Crippen molar-refractivity contribution >= 4 is 34.1 Å². The molecule has 3 rings (SSSR count). The fourth-order valence-corrected chi connectivity index (χ4v) is 3.63. The van der Waals surface area contributed by atoms with Gasteiger partial charge in [-0.25, -0.2) is 4.39 Å². The second kappa shape index (κ2) is 4.66. The van der Waals surface area contributed by atoms with E-state index in [0.29, 0.717) is 10.9 Å². The van der Waals surface area contributed by atoms with E-state index in [2.05, 4.69) is 10.2 Å². The second-order valence-corrected chi connectivity index (χ2v) is 5.58. The Morgan fingerprint density at radius 3 is 3.06 bits per heavy atom. The summed E-state index contributed by atoms with van der Waals surface area (Å²) in [6, 6.07) is 6.30. The number of hydrogen-bond donors (Lipinski definition) is 0. The first-order valence-corrected chi connectivity index (χ1v) is 7.14. The lowest BCUT2D eigenvalue weighted by atomic mass is 10.2. The normalized spacial score (nSPS) is 19.5. The SMILES string of the molecule is O=C1CSC(c2cccc(F)c2)N1c1nncs1. The summed E-state index contributed by atoms with van der Waals surface area (Å²) in [5.74, 6) is 0.0523. The Labute approximate surface area is 111 Å². The molecule has 2 heterocycles. The maximum absolute atomic E-state index is 13.2. The lowest BCUT2D eigenvalue weighted by Gasteiger charge is -2.20. The molecule has 18 heavy (non-hydrogen) atoms. The third-order valence-electron chi connectivity index (χ3n) is 2.56. The van der Waals surface area contributed by atoms with Crippen LogP contribution in [-0.4, -0.2) is 21.9 Å². The number of thioether (sulfide) groups is 1. The quantitative estimate of drug-likeness (QED) is 0.848. The molecule has 1 aromatic carbocycles. The zero-order valence-corrected chi connectivity index (χ0v) is 10.7. The molecule has 0 saturated carbocycles. The summed E-state index contributed by atoms with van der Waals surface area (Å²) in [4.78, 5) is 13.5. The molecule has 1 unspecified atom stereocenters.